The molecule has 4 rings (SSSR count). The van der Waals surface area contributed by atoms with Crippen LogP contribution in [0.2, 0.25) is 0 Å². The van der Waals surface area contributed by atoms with Crippen molar-refractivity contribution in [2.45, 2.75) is 4.90 Å². The number of hydrogen-bond donors (Lipinski definition) is 1. The van der Waals surface area contributed by atoms with E-state index in [0.717, 1.165) is 27.5 Å². The van der Waals surface area contributed by atoms with Gasteiger partial charge in [-0.2, -0.15) is 4.31 Å². The van der Waals surface area contributed by atoms with Gasteiger partial charge in [-0.05, 0) is 42.5 Å². The number of nitrogens with one attached hydrogen (secondary N) is 1. The minimum absolute atomic E-state index is 0.0511. The van der Waals surface area contributed by atoms with Crippen LogP contribution in [0.3, 0.4) is 0 Å². The highest BCUT2D eigenvalue weighted by Gasteiger charge is 2.31. The molecule has 1 amide bonds. The van der Waals surface area contributed by atoms with Crippen molar-refractivity contribution in [1.29, 1.82) is 0 Å². The summed E-state index contributed by atoms with van der Waals surface area (Å²) in [5, 5.41) is 0.820. The highest BCUT2D eigenvalue weighted by molar-refractivity contribution is 9.10. The van der Waals surface area contributed by atoms with Crippen molar-refractivity contribution < 1.29 is 17.6 Å². The SMILES string of the molecule is O=C(c1c[nH]c2ccc(Br)cc12)N1CCN(S(=O)(=O)c2ccc(F)cc2)CC1. The van der Waals surface area contributed by atoms with E-state index in [9.17, 15) is 17.6 Å². The Balaban J connectivity index is 1.50. The molecule has 1 saturated heterocycles. The normalized spacial score (nSPS) is 15.9. The first kappa shape index (κ1) is 19.1. The summed E-state index contributed by atoms with van der Waals surface area (Å²) < 4.78 is 40.7. The van der Waals surface area contributed by atoms with Crippen molar-refractivity contribution in [3.8, 4) is 0 Å². The molecule has 1 aliphatic heterocycles. The Bertz CT molecular complexity index is 1140. The van der Waals surface area contributed by atoms with Crippen molar-refractivity contribution in [2.24, 2.45) is 0 Å². The number of piperazine rings is 1. The summed E-state index contributed by atoms with van der Waals surface area (Å²) in [5.74, 6) is -0.622. The van der Waals surface area contributed by atoms with Gasteiger partial charge in [0.15, 0.2) is 0 Å². The maximum absolute atomic E-state index is 13.1. The smallest absolute Gasteiger partial charge is 0.256 e. The van der Waals surface area contributed by atoms with E-state index in [1.807, 2.05) is 18.2 Å². The van der Waals surface area contributed by atoms with Gasteiger partial charge in [0.05, 0.1) is 10.5 Å². The second-order valence-corrected chi connectivity index (χ2v) is 9.40. The number of nitrogens with zero attached hydrogens (tertiary/aromatic N) is 2. The molecule has 1 N–H and O–H groups in total. The molecule has 1 aliphatic rings. The Hall–Kier alpha value is -2.23. The number of carbonyl (C=O) groups is 1. The molecule has 0 bridgehead atoms. The molecule has 0 unspecified atom stereocenters. The fourth-order valence-corrected chi connectivity index (χ4v) is 5.11. The van der Waals surface area contributed by atoms with E-state index in [0.29, 0.717) is 18.7 Å². The number of fused-ring (bicyclic) bond motifs is 1. The third kappa shape index (κ3) is 3.45. The molecular weight excluding hydrogens is 449 g/mol. The van der Waals surface area contributed by atoms with Crippen LogP contribution in [-0.4, -0.2) is 54.7 Å². The Kier molecular flexibility index (Phi) is 4.98. The molecule has 1 fully saturated rings. The zero-order valence-corrected chi connectivity index (χ0v) is 17.1. The minimum atomic E-state index is -3.71. The maximum Gasteiger partial charge on any atom is 0.256 e. The van der Waals surface area contributed by atoms with Crippen LogP contribution in [0, 0.1) is 5.82 Å². The monoisotopic (exact) mass is 465 g/mol. The van der Waals surface area contributed by atoms with Crippen LogP contribution < -0.4 is 0 Å². The zero-order valence-electron chi connectivity index (χ0n) is 14.7. The van der Waals surface area contributed by atoms with E-state index in [2.05, 4.69) is 20.9 Å². The van der Waals surface area contributed by atoms with E-state index < -0.39 is 15.8 Å². The molecule has 9 heteroatoms. The molecule has 3 aromatic rings. The summed E-state index contributed by atoms with van der Waals surface area (Å²) in [6.45, 7) is 0.967. The van der Waals surface area contributed by atoms with Crippen LogP contribution in [0.1, 0.15) is 10.4 Å². The molecule has 0 saturated carbocycles. The maximum atomic E-state index is 13.1. The average Bonchev–Trinajstić information content (AvgIpc) is 3.11. The number of aromatic nitrogens is 1. The molecular formula is C19H17BrFN3O3S. The number of halogens is 2. The number of rotatable bonds is 3. The lowest BCUT2D eigenvalue weighted by Gasteiger charge is -2.34. The minimum Gasteiger partial charge on any atom is -0.360 e. The molecule has 2 aromatic carbocycles. The number of H-pyrrole nitrogens is 1. The Labute approximate surface area is 170 Å². The van der Waals surface area contributed by atoms with E-state index >= 15 is 0 Å². The predicted molar refractivity (Wildman–Crippen MR) is 107 cm³/mol. The van der Waals surface area contributed by atoms with Gasteiger partial charge in [-0.15, -0.1) is 0 Å². The van der Waals surface area contributed by atoms with Gasteiger partial charge in [-0.1, -0.05) is 15.9 Å². The van der Waals surface area contributed by atoms with E-state index in [1.54, 1.807) is 11.1 Å². The van der Waals surface area contributed by atoms with E-state index in [4.69, 9.17) is 0 Å². The van der Waals surface area contributed by atoms with Crippen LogP contribution in [0.15, 0.2) is 58.0 Å². The standard InChI is InChI=1S/C19H17BrFN3O3S/c20-13-1-6-18-16(11-13)17(12-22-18)19(25)23-7-9-24(10-8-23)28(26,27)15-4-2-14(21)3-5-15/h1-6,11-12,22H,7-10H2. The summed E-state index contributed by atoms with van der Waals surface area (Å²) in [5.41, 5.74) is 1.43. The highest BCUT2D eigenvalue weighted by atomic mass is 79.9. The van der Waals surface area contributed by atoms with Crippen molar-refractivity contribution >= 4 is 42.8 Å². The zero-order chi connectivity index (χ0) is 19.9. The summed E-state index contributed by atoms with van der Waals surface area (Å²) in [6.07, 6.45) is 1.68. The number of amides is 1. The Morgan fingerprint density at radius 3 is 2.39 bits per heavy atom. The third-order valence-corrected chi connectivity index (χ3v) is 7.26. The molecule has 0 atom stereocenters. The van der Waals surface area contributed by atoms with Crippen LogP contribution >= 0.6 is 15.9 Å². The first-order valence-corrected chi connectivity index (χ1v) is 10.9. The predicted octanol–water partition coefficient (Wildman–Crippen LogP) is 3.22. The Morgan fingerprint density at radius 1 is 1.04 bits per heavy atom. The van der Waals surface area contributed by atoms with Gasteiger partial charge in [0.2, 0.25) is 10.0 Å². The van der Waals surface area contributed by atoms with Crippen LogP contribution in [0.4, 0.5) is 4.39 Å². The van der Waals surface area contributed by atoms with Crippen molar-refractivity contribution in [2.75, 3.05) is 26.2 Å². The van der Waals surface area contributed by atoms with E-state index in [1.165, 1.54) is 16.4 Å². The van der Waals surface area contributed by atoms with Gasteiger partial charge in [-0.3, -0.25) is 4.79 Å². The summed E-state index contributed by atoms with van der Waals surface area (Å²) >= 11 is 3.42. The number of carbonyl (C=O) groups excluding carboxylic acids is 1. The van der Waals surface area contributed by atoms with Gasteiger partial charge in [0.25, 0.3) is 5.91 Å². The third-order valence-electron chi connectivity index (χ3n) is 4.85. The van der Waals surface area contributed by atoms with Crippen LogP contribution in [0.5, 0.6) is 0 Å². The highest BCUT2D eigenvalue weighted by Crippen LogP contribution is 2.25. The molecule has 28 heavy (non-hydrogen) atoms. The fourth-order valence-electron chi connectivity index (χ4n) is 3.33. The van der Waals surface area contributed by atoms with E-state index in [-0.39, 0.29) is 23.9 Å². The first-order chi connectivity index (χ1) is 13.4. The number of benzene rings is 2. The van der Waals surface area contributed by atoms with Gasteiger partial charge in [0.1, 0.15) is 5.82 Å². The number of hydrogen-bond acceptors (Lipinski definition) is 3. The quantitative estimate of drug-likeness (QED) is 0.645. The second kappa shape index (κ2) is 7.31. The second-order valence-electron chi connectivity index (χ2n) is 6.54. The summed E-state index contributed by atoms with van der Waals surface area (Å²) in [6, 6.07) is 10.4. The number of aromatic amines is 1. The average molecular weight is 466 g/mol. The molecule has 0 aliphatic carbocycles. The molecule has 6 nitrogen and oxygen atoms in total. The van der Waals surface area contributed by atoms with Crippen molar-refractivity contribution in [1.82, 2.24) is 14.2 Å². The van der Waals surface area contributed by atoms with Gasteiger partial charge in [0, 0.05) is 47.8 Å². The lowest BCUT2D eigenvalue weighted by atomic mass is 10.1. The topological polar surface area (TPSA) is 73.5 Å². The lowest BCUT2D eigenvalue weighted by molar-refractivity contribution is 0.0700. The molecule has 0 spiro atoms. The van der Waals surface area contributed by atoms with Gasteiger partial charge < -0.3 is 9.88 Å². The Morgan fingerprint density at radius 2 is 1.71 bits per heavy atom. The number of sulfonamides is 1. The van der Waals surface area contributed by atoms with Crippen LogP contribution in [0.25, 0.3) is 10.9 Å². The first-order valence-electron chi connectivity index (χ1n) is 8.68. The van der Waals surface area contributed by atoms with Crippen LogP contribution in [-0.2, 0) is 10.0 Å². The summed E-state index contributed by atoms with van der Waals surface area (Å²) in [4.78, 5) is 17.7. The lowest BCUT2D eigenvalue weighted by Crippen LogP contribution is -2.50. The van der Waals surface area contributed by atoms with Crippen molar-refractivity contribution in [3.05, 3.63) is 64.5 Å². The fraction of sp³-hybridized carbons (Fsp3) is 0.211. The summed E-state index contributed by atoms with van der Waals surface area (Å²) in [7, 11) is -3.71. The molecule has 0 radical (unpaired) electrons. The van der Waals surface area contributed by atoms with Gasteiger partial charge in [-0.25, -0.2) is 12.8 Å². The van der Waals surface area contributed by atoms with Gasteiger partial charge >= 0.3 is 0 Å². The largest absolute Gasteiger partial charge is 0.360 e. The van der Waals surface area contributed by atoms with Crippen molar-refractivity contribution in [3.63, 3.8) is 0 Å². The molecule has 1 aromatic heterocycles. The molecule has 146 valence electrons. The molecule has 2 heterocycles.